The summed E-state index contributed by atoms with van der Waals surface area (Å²) < 4.78 is 2.01. The summed E-state index contributed by atoms with van der Waals surface area (Å²) in [5.74, 6) is -0.0367. The van der Waals surface area contributed by atoms with Crippen molar-refractivity contribution in [2.45, 2.75) is 13.0 Å². The van der Waals surface area contributed by atoms with Crippen molar-refractivity contribution in [2.75, 3.05) is 11.9 Å². The van der Waals surface area contributed by atoms with Crippen molar-refractivity contribution in [3.63, 3.8) is 0 Å². The number of halogens is 2. The predicted octanol–water partition coefficient (Wildman–Crippen LogP) is 4.50. The Morgan fingerprint density at radius 1 is 1.10 bits per heavy atom. The summed E-state index contributed by atoms with van der Waals surface area (Å²) >= 11 is 6.80. The van der Waals surface area contributed by atoms with Crippen molar-refractivity contribution in [1.82, 2.24) is 5.32 Å². The van der Waals surface area contributed by atoms with Crippen molar-refractivity contribution in [3.05, 3.63) is 63.0 Å². The standard InChI is InChI=1S/C16H16Br2N2O/c1-11(12-5-7-13(17)8-6-12)20-16(21)10-19-15-4-2-3-14(18)9-15/h2-9,11,19H,10H2,1H3,(H,20,21). The largest absolute Gasteiger partial charge is 0.376 e. The van der Waals surface area contributed by atoms with E-state index in [0.29, 0.717) is 0 Å². The lowest BCUT2D eigenvalue weighted by Crippen LogP contribution is -2.32. The zero-order valence-corrected chi connectivity index (χ0v) is 14.7. The van der Waals surface area contributed by atoms with Crippen LogP contribution in [0.15, 0.2) is 57.5 Å². The first-order valence-corrected chi connectivity index (χ1v) is 8.17. The fourth-order valence-corrected chi connectivity index (χ4v) is 2.57. The van der Waals surface area contributed by atoms with E-state index >= 15 is 0 Å². The third kappa shape index (κ3) is 5.17. The van der Waals surface area contributed by atoms with Gasteiger partial charge >= 0.3 is 0 Å². The predicted molar refractivity (Wildman–Crippen MR) is 93.3 cm³/mol. The molecule has 0 heterocycles. The summed E-state index contributed by atoms with van der Waals surface area (Å²) in [6.45, 7) is 2.22. The Kier molecular flexibility index (Phi) is 5.82. The van der Waals surface area contributed by atoms with Gasteiger partial charge in [0.2, 0.25) is 5.91 Å². The Labute approximate surface area is 141 Å². The summed E-state index contributed by atoms with van der Waals surface area (Å²) in [7, 11) is 0. The van der Waals surface area contributed by atoms with E-state index in [2.05, 4.69) is 42.5 Å². The van der Waals surface area contributed by atoms with E-state index in [1.807, 2.05) is 55.5 Å². The number of amides is 1. The second-order valence-electron chi connectivity index (χ2n) is 4.70. The van der Waals surface area contributed by atoms with Crippen LogP contribution in [0, 0.1) is 0 Å². The van der Waals surface area contributed by atoms with Gasteiger partial charge in [-0.2, -0.15) is 0 Å². The molecule has 0 aliphatic carbocycles. The molecule has 0 aliphatic heterocycles. The molecule has 0 fully saturated rings. The summed E-state index contributed by atoms with van der Waals surface area (Å²) in [6.07, 6.45) is 0. The highest BCUT2D eigenvalue weighted by atomic mass is 79.9. The van der Waals surface area contributed by atoms with Crippen LogP contribution in [0.5, 0.6) is 0 Å². The number of carbonyl (C=O) groups is 1. The SMILES string of the molecule is CC(NC(=O)CNc1cccc(Br)c1)c1ccc(Br)cc1. The Hall–Kier alpha value is -1.33. The van der Waals surface area contributed by atoms with Gasteiger partial charge in [-0.25, -0.2) is 0 Å². The van der Waals surface area contributed by atoms with Crippen molar-refractivity contribution in [2.24, 2.45) is 0 Å². The number of anilines is 1. The molecule has 0 aliphatic rings. The van der Waals surface area contributed by atoms with Gasteiger partial charge in [0.15, 0.2) is 0 Å². The molecule has 0 aromatic heterocycles. The van der Waals surface area contributed by atoms with Gasteiger partial charge in [0.25, 0.3) is 0 Å². The lowest BCUT2D eigenvalue weighted by atomic mass is 10.1. The van der Waals surface area contributed by atoms with Crippen molar-refractivity contribution < 1.29 is 4.79 Å². The molecular weight excluding hydrogens is 396 g/mol. The maximum absolute atomic E-state index is 12.0. The highest BCUT2D eigenvalue weighted by molar-refractivity contribution is 9.10. The molecule has 2 rings (SSSR count). The minimum absolute atomic E-state index is 0.0186. The van der Waals surface area contributed by atoms with E-state index in [1.165, 1.54) is 0 Å². The minimum Gasteiger partial charge on any atom is -0.376 e. The second-order valence-corrected chi connectivity index (χ2v) is 6.54. The van der Waals surface area contributed by atoms with Crippen LogP contribution < -0.4 is 10.6 Å². The van der Waals surface area contributed by atoms with Gasteiger partial charge in [0.1, 0.15) is 0 Å². The first-order chi connectivity index (χ1) is 10.0. The van der Waals surface area contributed by atoms with Gasteiger partial charge in [-0.1, -0.05) is 50.1 Å². The average Bonchev–Trinajstić information content (AvgIpc) is 2.46. The Morgan fingerprint density at radius 2 is 1.81 bits per heavy atom. The number of hydrogen-bond donors (Lipinski definition) is 2. The Morgan fingerprint density at radius 3 is 2.48 bits per heavy atom. The average molecular weight is 412 g/mol. The van der Waals surface area contributed by atoms with Crippen LogP contribution in [0.4, 0.5) is 5.69 Å². The molecule has 0 bridgehead atoms. The fourth-order valence-electron chi connectivity index (χ4n) is 1.91. The number of rotatable bonds is 5. The van der Waals surface area contributed by atoms with E-state index in [9.17, 15) is 4.79 Å². The summed E-state index contributed by atoms with van der Waals surface area (Å²) in [6, 6.07) is 15.6. The molecule has 3 nitrogen and oxygen atoms in total. The van der Waals surface area contributed by atoms with E-state index in [4.69, 9.17) is 0 Å². The van der Waals surface area contributed by atoms with Gasteiger partial charge in [0.05, 0.1) is 12.6 Å². The third-order valence-corrected chi connectivity index (χ3v) is 4.05. The lowest BCUT2D eigenvalue weighted by Gasteiger charge is -2.15. The first kappa shape index (κ1) is 16.0. The summed E-state index contributed by atoms with van der Waals surface area (Å²) in [4.78, 5) is 12.0. The van der Waals surface area contributed by atoms with Crippen LogP contribution in [0.3, 0.4) is 0 Å². The zero-order valence-electron chi connectivity index (χ0n) is 11.6. The lowest BCUT2D eigenvalue weighted by molar-refractivity contribution is -0.120. The van der Waals surface area contributed by atoms with Gasteiger partial charge in [-0.05, 0) is 42.8 Å². The van der Waals surface area contributed by atoms with E-state index in [-0.39, 0.29) is 18.5 Å². The van der Waals surface area contributed by atoms with Gasteiger partial charge < -0.3 is 10.6 Å². The molecule has 1 amide bonds. The number of nitrogens with one attached hydrogen (secondary N) is 2. The van der Waals surface area contributed by atoms with Gasteiger partial charge in [0, 0.05) is 14.6 Å². The third-order valence-electron chi connectivity index (χ3n) is 3.03. The first-order valence-electron chi connectivity index (χ1n) is 6.59. The molecule has 0 saturated heterocycles. The molecule has 2 aromatic carbocycles. The van der Waals surface area contributed by atoms with Crippen molar-refractivity contribution >= 4 is 43.5 Å². The number of benzene rings is 2. The molecule has 2 aromatic rings. The monoisotopic (exact) mass is 410 g/mol. The van der Waals surface area contributed by atoms with Crippen LogP contribution in [0.25, 0.3) is 0 Å². The van der Waals surface area contributed by atoms with Crippen LogP contribution >= 0.6 is 31.9 Å². The van der Waals surface area contributed by atoms with Crippen LogP contribution in [0.1, 0.15) is 18.5 Å². The maximum atomic E-state index is 12.0. The molecular formula is C16H16Br2N2O. The number of hydrogen-bond acceptors (Lipinski definition) is 2. The molecule has 5 heteroatoms. The van der Waals surface area contributed by atoms with Gasteiger partial charge in [-0.15, -0.1) is 0 Å². The molecule has 0 saturated carbocycles. The Balaban J connectivity index is 1.85. The Bertz CT molecular complexity index is 614. The van der Waals surface area contributed by atoms with Crippen LogP contribution in [-0.2, 0) is 4.79 Å². The van der Waals surface area contributed by atoms with E-state index in [1.54, 1.807) is 0 Å². The smallest absolute Gasteiger partial charge is 0.239 e. The highest BCUT2D eigenvalue weighted by Gasteiger charge is 2.09. The quantitative estimate of drug-likeness (QED) is 0.760. The second kappa shape index (κ2) is 7.61. The molecule has 1 unspecified atom stereocenters. The molecule has 1 atom stereocenters. The molecule has 0 spiro atoms. The van der Waals surface area contributed by atoms with Crippen molar-refractivity contribution in [1.29, 1.82) is 0 Å². The number of carbonyl (C=O) groups excluding carboxylic acids is 1. The zero-order chi connectivity index (χ0) is 15.2. The normalized spacial score (nSPS) is 11.8. The topological polar surface area (TPSA) is 41.1 Å². The van der Waals surface area contributed by atoms with Crippen LogP contribution in [-0.4, -0.2) is 12.5 Å². The summed E-state index contributed by atoms with van der Waals surface area (Å²) in [5, 5.41) is 6.07. The van der Waals surface area contributed by atoms with Gasteiger partial charge in [-0.3, -0.25) is 4.79 Å². The van der Waals surface area contributed by atoms with E-state index < -0.39 is 0 Å². The summed E-state index contributed by atoms with van der Waals surface area (Å²) in [5.41, 5.74) is 1.99. The maximum Gasteiger partial charge on any atom is 0.239 e. The fraction of sp³-hybridized carbons (Fsp3) is 0.188. The van der Waals surface area contributed by atoms with Crippen LogP contribution in [0.2, 0.25) is 0 Å². The molecule has 2 N–H and O–H groups in total. The van der Waals surface area contributed by atoms with Crippen molar-refractivity contribution in [3.8, 4) is 0 Å². The molecule has 0 radical (unpaired) electrons. The minimum atomic E-state index is -0.0367. The highest BCUT2D eigenvalue weighted by Crippen LogP contribution is 2.17. The molecule has 110 valence electrons. The molecule has 21 heavy (non-hydrogen) atoms. The van der Waals surface area contributed by atoms with E-state index in [0.717, 1.165) is 20.2 Å².